The number of nitrogens with zero attached hydrogens (tertiary/aromatic N) is 1. The van der Waals surface area contributed by atoms with Gasteiger partial charge in [-0.05, 0) is 45.4 Å². The van der Waals surface area contributed by atoms with Gasteiger partial charge in [0, 0.05) is 0 Å². The first kappa shape index (κ1) is 6.95. The third-order valence-electron chi connectivity index (χ3n) is 0.655. The smallest absolute Gasteiger partial charge is 0.130 e. The van der Waals surface area contributed by atoms with Crippen LogP contribution in [0.15, 0.2) is 4.60 Å². The Morgan fingerprint density at radius 3 is 2.50 bits per heavy atom. The van der Waals surface area contributed by atoms with Crippen LogP contribution in [0, 0.1) is 9.81 Å². The van der Waals surface area contributed by atoms with Crippen LogP contribution in [0.4, 0.5) is 0 Å². The van der Waals surface area contributed by atoms with Crippen molar-refractivity contribution in [2.24, 2.45) is 0 Å². The molecular formula is C4H3BrINS. The lowest BCUT2D eigenvalue weighted by Gasteiger charge is -1.72. The van der Waals surface area contributed by atoms with Crippen molar-refractivity contribution in [3.05, 3.63) is 12.5 Å². The molecule has 4 heteroatoms. The first-order valence-electron chi connectivity index (χ1n) is 1.98. The van der Waals surface area contributed by atoms with Gasteiger partial charge in [0.1, 0.15) is 4.60 Å². The molecular weight excluding hydrogens is 301 g/mol. The zero-order valence-electron chi connectivity index (χ0n) is 4.11. The Bertz CT molecular complexity index is 178. The molecule has 0 amide bonds. The Morgan fingerprint density at radius 2 is 2.38 bits per heavy atom. The van der Waals surface area contributed by atoms with Crippen molar-refractivity contribution < 1.29 is 0 Å². The Hall–Kier alpha value is 0.840. The van der Waals surface area contributed by atoms with Gasteiger partial charge < -0.3 is 0 Å². The summed E-state index contributed by atoms with van der Waals surface area (Å²) in [5.41, 5.74) is 0. The minimum Gasteiger partial charge on any atom is -0.233 e. The second kappa shape index (κ2) is 2.62. The van der Waals surface area contributed by atoms with E-state index in [0.717, 1.165) is 9.61 Å². The summed E-state index contributed by atoms with van der Waals surface area (Å²) in [6.45, 7) is 2.00. The fourth-order valence-electron chi connectivity index (χ4n) is 0.377. The average Bonchev–Trinajstić information content (AvgIpc) is 1.85. The van der Waals surface area contributed by atoms with Crippen LogP contribution in [0.1, 0.15) is 5.01 Å². The molecule has 1 nitrogen and oxygen atoms in total. The summed E-state index contributed by atoms with van der Waals surface area (Å²) >= 11 is 7.26. The van der Waals surface area contributed by atoms with Crippen molar-refractivity contribution >= 4 is 49.9 Å². The van der Waals surface area contributed by atoms with Gasteiger partial charge in [0.2, 0.25) is 0 Å². The lowest BCUT2D eigenvalue weighted by atomic mass is 10.8. The first-order chi connectivity index (χ1) is 3.70. The van der Waals surface area contributed by atoms with Crippen LogP contribution in [-0.2, 0) is 0 Å². The molecule has 0 spiro atoms. The van der Waals surface area contributed by atoms with E-state index in [1.807, 2.05) is 6.92 Å². The maximum atomic E-state index is 4.14. The van der Waals surface area contributed by atoms with E-state index in [9.17, 15) is 0 Å². The summed E-state index contributed by atoms with van der Waals surface area (Å²) in [5, 5.41) is 1.11. The Morgan fingerprint density at radius 1 is 1.75 bits per heavy atom. The van der Waals surface area contributed by atoms with Gasteiger partial charge in [-0.25, -0.2) is 4.98 Å². The summed E-state index contributed by atoms with van der Waals surface area (Å²) < 4.78 is 2.20. The standard InChI is InChI=1S/C4H3BrINS/c1-2-7-3(5)4(6)8-2/h1H3. The fraction of sp³-hybridized carbons (Fsp3) is 0.250. The number of rotatable bonds is 0. The topological polar surface area (TPSA) is 12.9 Å². The van der Waals surface area contributed by atoms with Crippen molar-refractivity contribution in [3.8, 4) is 0 Å². The van der Waals surface area contributed by atoms with E-state index in [2.05, 4.69) is 43.5 Å². The van der Waals surface area contributed by atoms with Crippen LogP contribution in [0.5, 0.6) is 0 Å². The fourth-order valence-corrected chi connectivity index (χ4v) is 2.61. The van der Waals surface area contributed by atoms with Gasteiger partial charge in [0.25, 0.3) is 0 Å². The van der Waals surface area contributed by atoms with Gasteiger partial charge in [-0.3, -0.25) is 0 Å². The largest absolute Gasteiger partial charge is 0.233 e. The van der Waals surface area contributed by atoms with E-state index < -0.39 is 0 Å². The van der Waals surface area contributed by atoms with Gasteiger partial charge in [-0.15, -0.1) is 11.3 Å². The van der Waals surface area contributed by atoms with Crippen molar-refractivity contribution in [1.82, 2.24) is 4.98 Å². The highest BCUT2D eigenvalue weighted by atomic mass is 127. The molecule has 1 aromatic heterocycles. The Labute approximate surface area is 73.8 Å². The summed E-state index contributed by atoms with van der Waals surface area (Å²) in [4.78, 5) is 4.14. The third kappa shape index (κ3) is 1.41. The molecule has 0 fully saturated rings. The zero-order valence-corrected chi connectivity index (χ0v) is 8.67. The molecule has 0 aliphatic carbocycles. The van der Waals surface area contributed by atoms with E-state index in [-0.39, 0.29) is 0 Å². The molecule has 1 rings (SSSR count). The van der Waals surface area contributed by atoms with E-state index >= 15 is 0 Å². The molecule has 0 unspecified atom stereocenters. The second-order valence-electron chi connectivity index (χ2n) is 1.30. The highest BCUT2D eigenvalue weighted by molar-refractivity contribution is 14.1. The molecule has 0 aliphatic heterocycles. The molecule has 0 bridgehead atoms. The number of aromatic nitrogens is 1. The quantitative estimate of drug-likeness (QED) is 0.672. The van der Waals surface area contributed by atoms with Crippen LogP contribution < -0.4 is 0 Å². The van der Waals surface area contributed by atoms with Gasteiger partial charge in [0.15, 0.2) is 0 Å². The molecule has 1 heterocycles. The number of halogens is 2. The maximum Gasteiger partial charge on any atom is 0.130 e. The van der Waals surface area contributed by atoms with Crippen LogP contribution >= 0.6 is 49.9 Å². The maximum absolute atomic E-state index is 4.14. The molecule has 0 aliphatic rings. The minimum absolute atomic E-state index is 0.973. The molecule has 0 atom stereocenters. The van der Waals surface area contributed by atoms with Gasteiger partial charge in [-0.1, -0.05) is 0 Å². The number of thiazole rings is 1. The lowest BCUT2D eigenvalue weighted by Crippen LogP contribution is -1.63. The van der Waals surface area contributed by atoms with Gasteiger partial charge in [0.05, 0.1) is 7.89 Å². The molecule has 0 saturated carbocycles. The predicted molar refractivity (Wildman–Crippen MR) is 47.3 cm³/mol. The first-order valence-corrected chi connectivity index (χ1v) is 4.67. The SMILES string of the molecule is Cc1nc(Br)c(I)s1. The molecule has 1 aromatic rings. The van der Waals surface area contributed by atoms with E-state index in [1.165, 1.54) is 2.88 Å². The molecule has 44 valence electrons. The Kier molecular flexibility index (Phi) is 2.27. The summed E-state index contributed by atoms with van der Waals surface area (Å²) in [7, 11) is 0. The van der Waals surface area contributed by atoms with Crippen molar-refractivity contribution in [3.63, 3.8) is 0 Å². The van der Waals surface area contributed by atoms with E-state index in [0.29, 0.717) is 0 Å². The Balaban J connectivity index is 3.14. The van der Waals surface area contributed by atoms with Crippen molar-refractivity contribution in [2.45, 2.75) is 6.92 Å². The molecule has 0 radical (unpaired) electrons. The van der Waals surface area contributed by atoms with Crippen LogP contribution in [-0.4, -0.2) is 4.98 Å². The summed E-state index contributed by atoms with van der Waals surface area (Å²) in [6.07, 6.45) is 0. The minimum atomic E-state index is 0.973. The van der Waals surface area contributed by atoms with Gasteiger partial charge in [-0.2, -0.15) is 0 Å². The monoisotopic (exact) mass is 303 g/mol. The normalized spacial score (nSPS) is 9.88. The molecule has 8 heavy (non-hydrogen) atoms. The summed E-state index contributed by atoms with van der Waals surface area (Å²) in [6, 6.07) is 0. The third-order valence-corrected chi connectivity index (χ3v) is 4.16. The van der Waals surface area contributed by atoms with E-state index in [1.54, 1.807) is 11.3 Å². The molecule has 0 saturated heterocycles. The molecule has 0 aromatic carbocycles. The number of aryl methyl sites for hydroxylation is 1. The average molecular weight is 304 g/mol. The van der Waals surface area contributed by atoms with Crippen LogP contribution in [0.3, 0.4) is 0 Å². The van der Waals surface area contributed by atoms with Crippen molar-refractivity contribution in [2.75, 3.05) is 0 Å². The lowest BCUT2D eigenvalue weighted by molar-refractivity contribution is 1.25. The zero-order chi connectivity index (χ0) is 6.15. The number of hydrogen-bond acceptors (Lipinski definition) is 2. The summed E-state index contributed by atoms with van der Waals surface area (Å²) in [5.74, 6) is 0. The van der Waals surface area contributed by atoms with E-state index in [4.69, 9.17) is 0 Å². The molecule has 0 N–H and O–H groups in total. The predicted octanol–water partition coefficient (Wildman–Crippen LogP) is 2.82. The number of hydrogen-bond donors (Lipinski definition) is 0. The van der Waals surface area contributed by atoms with Crippen LogP contribution in [0.2, 0.25) is 0 Å². The second-order valence-corrected chi connectivity index (χ2v) is 5.06. The van der Waals surface area contributed by atoms with Crippen molar-refractivity contribution in [1.29, 1.82) is 0 Å². The highest BCUT2D eigenvalue weighted by Crippen LogP contribution is 2.23. The van der Waals surface area contributed by atoms with Gasteiger partial charge >= 0.3 is 0 Å². The van der Waals surface area contributed by atoms with Crippen LogP contribution in [0.25, 0.3) is 0 Å². The highest BCUT2D eigenvalue weighted by Gasteiger charge is 1.99.